The number of nitrogens with zero attached hydrogens (tertiary/aromatic N) is 3. The van der Waals surface area contributed by atoms with Crippen LogP contribution in [0.2, 0.25) is 0 Å². The number of fused-ring (bicyclic) bond motifs is 3. The van der Waals surface area contributed by atoms with E-state index in [2.05, 4.69) is 20.9 Å². The van der Waals surface area contributed by atoms with Crippen molar-refractivity contribution in [3.05, 3.63) is 88.6 Å². The molecular weight excluding hydrogens is 604 g/mol. The van der Waals surface area contributed by atoms with Crippen LogP contribution in [-0.2, 0) is 50.5 Å². The molecule has 0 radical (unpaired) electrons. The molecule has 3 heterocycles. The van der Waals surface area contributed by atoms with Gasteiger partial charge in [-0.2, -0.15) is 0 Å². The van der Waals surface area contributed by atoms with Crippen molar-refractivity contribution in [1.82, 2.24) is 20.1 Å². The number of amides is 4. The van der Waals surface area contributed by atoms with Crippen molar-refractivity contribution in [2.75, 3.05) is 37.3 Å². The van der Waals surface area contributed by atoms with Crippen molar-refractivity contribution >= 4 is 35.1 Å². The standard InChI is InChI=1S/C38H44N6O4/c1-3-37(14-17-43(18-15-37)34(46)25-10-11-25)36(48)44(23-28-8-5-4-7-27(28)22-39-2)24-32(45)41-30-13-12-26-20-38(21-29(26)19-30)31-9-6-16-40-33(31)42-35(38)47/h4-9,12-13,16,19,25,39H,3,10-11,14-15,17-18,20-24H2,1-2H3,(H,41,45)(H,40,42,47)/t38-/m1/s1. The Bertz CT molecular complexity index is 1760. The van der Waals surface area contributed by atoms with Crippen LogP contribution in [-0.4, -0.2) is 65.1 Å². The minimum Gasteiger partial charge on any atom is -0.342 e. The lowest BCUT2D eigenvalue weighted by atomic mass is 9.74. The summed E-state index contributed by atoms with van der Waals surface area (Å²) in [5, 5.41) is 9.21. The zero-order chi connectivity index (χ0) is 33.5. The lowest BCUT2D eigenvalue weighted by molar-refractivity contribution is -0.150. The normalized spacial score (nSPS) is 20.6. The Morgan fingerprint density at radius 1 is 1.00 bits per heavy atom. The number of rotatable bonds is 10. The summed E-state index contributed by atoms with van der Waals surface area (Å²) in [7, 11) is 1.89. The highest BCUT2D eigenvalue weighted by Gasteiger charge is 2.51. The maximum absolute atomic E-state index is 14.5. The zero-order valence-corrected chi connectivity index (χ0v) is 27.8. The molecule has 0 unspecified atom stereocenters. The number of piperidine rings is 1. The third-order valence-corrected chi connectivity index (χ3v) is 11.0. The summed E-state index contributed by atoms with van der Waals surface area (Å²) in [4.78, 5) is 62.3. The molecule has 2 aliphatic carbocycles. The second-order valence-electron chi connectivity index (χ2n) is 14.0. The van der Waals surface area contributed by atoms with Crippen LogP contribution in [0.15, 0.2) is 60.8 Å². The van der Waals surface area contributed by atoms with E-state index in [4.69, 9.17) is 0 Å². The van der Waals surface area contributed by atoms with Gasteiger partial charge in [-0.15, -0.1) is 0 Å². The Kier molecular flexibility index (Phi) is 8.53. The fourth-order valence-corrected chi connectivity index (χ4v) is 8.00. The molecule has 250 valence electrons. The van der Waals surface area contributed by atoms with Gasteiger partial charge in [0.25, 0.3) is 0 Å². The summed E-state index contributed by atoms with van der Waals surface area (Å²) in [5.41, 5.74) is 4.40. The molecule has 1 atom stereocenters. The molecule has 3 N–H and O–H groups in total. The molecule has 1 aromatic heterocycles. The van der Waals surface area contributed by atoms with E-state index in [1.165, 1.54) is 0 Å². The monoisotopic (exact) mass is 648 g/mol. The molecule has 1 saturated carbocycles. The molecule has 7 rings (SSSR count). The van der Waals surface area contributed by atoms with Crippen molar-refractivity contribution in [3.63, 3.8) is 0 Å². The van der Waals surface area contributed by atoms with Crippen LogP contribution in [0.3, 0.4) is 0 Å². The number of benzene rings is 2. The predicted molar refractivity (Wildman–Crippen MR) is 183 cm³/mol. The second kappa shape index (κ2) is 12.8. The molecule has 2 fully saturated rings. The van der Waals surface area contributed by atoms with Crippen LogP contribution in [0.4, 0.5) is 11.5 Å². The van der Waals surface area contributed by atoms with Crippen molar-refractivity contribution in [1.29, 1.82) is 0 Å². The Labute approximate surface area is 281 Å². The number of hydrogen-bond donors (Lipinski definition) is 3. The molecule has 48 heavy (non-hydrogen) atoms. The molecule has 3 aromatic rings. The highest BCUT2D eigenvalue weighted by molar-refractivity contribution is 6.06. The number of aromatic nitrogens is 1. The van der Waals surface area contributed by atoms with E-state index in [0.717, 1.165) is 40.7 Å². The maximum atomic E-state index is 14.5. The topological polar surface area (TPSA) is 124 Å². The van der Waals surface area contributed by atoms with E-state index < -0.39 is 10.8 Å². The highest BCUT2D eigenvalue weighted by Crippen LogP contribution is 2.47. The van der Waals surface area contributed by atoms with Crippen LogP contribution in [0, 0.1) is 11.3 Å². The molecule has 0 bridgehead atoms. The molecule has 10 heteroatoms. The van der Waals surface area contributed by atoms with Crippen LogP contribution in [0.5, 0.6) is 0 Å². The molecule has 2 aromatic carbocycles. The third-order valence-electron chi connectivity index (χ3n) is 11.0. The van der Waals surface area contributed by atoms with Gasteiger partial charge in [0.15, 0.2) is 0 Å². The van der Waals surface area contributed by atoms with Gasteiger partial charge >= 0.3 is 0 Å². The summed E-state index contributed by atoms with van der Waals surface area (Å²) < 4.78 is 0. The molecule has 1 saturated heterocycles. The van der Waals surface area contributed by atoms with Gasteiger partial charge in [-0.1, -0.05) is 43.3 Å². The van der Waals surface area contributed by atoms with Gasteiger partial charge in [-0.05, 0) is 92.4 Å². The summed E-state index contributed by atoms with van der Waals surface area (Å²) >= 11 is 0. The van der Waals surface area contributed by atoms with Crippen LogP contribution in [0.25, 0.3) is 0 Å². The van der Waals surface area contributed by atoms with E-state index in [0.29, 0.717) is 69.8 Å². The molecule has 10 nitrogen and oxygen atoms in total. The van der Waals surface area contributed by atoms with Gasteiger partial charge in [0.1, 0.15) is 12.4 Å². The fraction of sp³-hybridized carbons (Fsp3) is 0.447. The predicted octanol–water partition coefficient (Wildman–Crippen LogP) is 4.19. The first-order chi connectivity index (χ1) is 23.2. The molecule has 4 aliphatic rings. The van der Waals surface area contributed by atoms with Gasteiger partial charge < -0.3 is 25.8 Å². The average Bonchev–Trinajstić information content (AvgIpc) is 3.83. The first-order valence-electron chi connectivity index (χ1n) is 17.2. The largest absolute Gasteiger partial charge is 0.342 e. The van der Waals surface area contributed by atoms with Gasteiger partial charge in [0.2, 0.25) is 23.6 Å². The summed E-state index contributed by atoms with van der Waals surface area (Å²) in [6.45, 7) is 4.05. The number of pyridine rings is 1. The SMILES string of the molecule is CCC1(C(=O)N(CC(=O)Nc2ccc3c(c2)C[C@@]2(C3)C(=O)Nc3ncccc32)Cc2ccccc2CNC)CCN(C(=O)C2CC2)CC1. The van der Waals surface area contributed by atoms with E-state index in [1.54, 1.807) is 11.1 Å². The average molecular weight is 649 g/mol. The van der Waals surface area contributed by atoms with Crippen molar-refractivity contribution in [3.8, 4) is 0 Å². The lowest BCUT2D eigenvalue weighted by Gasteiger charge is -2.43. The zero-order valence-electron chi connectivity index (χ0n) is 27.8. The summed E-state index contributed by atoms with van der Waals surface area (Å²) in [6.07, 6.45) is 6.56. The fourth-order valence-electron chi connectivity index (χ4n) is 8.00. The van der Waals surface area contributed by atoms with E-state index in [-0.39, 0.29) is 36.1 Å². The lowest BCUT2D eigenvalue weighted by Crippen LogP contribution is -2.52. The third kappa shape index (κ3) is 5.87. The number of carbonyl (C=O) groups excluding carboxylic acids is 4. The van der Waals surface area contributed by atoms with Crippen LogP contribution in [0.1, 0.15) is 66.8 Å². The van der Waals surface area contributed by atoms with Crippen LogP contribution >= 0.6 is 0 Å². The number of carbonyl (C=O) groups is 4. The first-order valence-corrected chi connectivity index (χ1v) is 17.2. The summed E-state index contributed by atoms with van der Waals surface area (Å²) in [5.74, 6) is 0.648. The highest BCUT2D eigenvalue weighted by atomic mass is 16.2. The van der Waals surface area contributed by atoms with Crippen molar-refractivity contribution in [2.45, 2.75) is 70.4 Å². The smallest absolute Gasteiger partial charge is 0.244 e. The minimum absolute atomic E-state index is 0.0339. The van der Waals surface area contributed by atoms with Gasteiger partial charge in [-0.25, -0.2) is 4.98 Å². The number of anilines is 2. The summed E-state index contributed by atoms with van der Waals surface area (Å²) in [6, 6.07) is 17.7. The Hall–Kier alpha value is -4.57. The van der Waals surface area contributed by atoms with Crippen molar-refractivity contribution < 1.29 is 19.2 Å². The minimum atomic E-state index is -0.689. The number of hydrogen-bond acceptors (Lipinski definition) is 6. The van der Waals surface area contributed by atoms with E-state index in [9.17, 15) is 19.2 Å². The van der Waals surface area contributed by atoms with Crippen molar-refractivity contribution in [2.24, 2.45) is 11.3 Å². The number of nitrogens with one attached hydrogen (secondary N) is 3. The maximum Gasteiger partial charge on any atom is 0.244 e. The molecular formula is C38H44N6O4. The second-order valence-corrected chi connectivity index (χ2v) is 14.0. The quantitative estimate of drug-likeness (QED) is 0.303. The Balaban J connectivity index is 1.09. The van der Waals surface area contributed by atoms with E-state index in [1.807, 2.05) is 73.5 Å². The molecule has 1 spiro atoms. The van der Waals surface area contributed by atoms with Gasteiger partial charge in [-0.3, -0.25) is 19.2 Å². The Morgan fingerprint density at radius 3 is 2.48 bits per heavy atom. The van der Waals surface area contributed by atoms with Gasteiger partial charge in [0.05, 0.1) is 10.8 Å². The first kappa shape index (κ1) is 32.0. The Morgan fingerprint density at radius 2 is 1.75 bits per heavy atom. The van der Waals surface area contributed by atoms with Gasteiger partial charge in [0, 0.05) is 49.5 Å². The van der Waals surface area contributed by atoms with E-state index >= 15 is 0 Å². The van der Waals surface area contributed by atoms with Crippen LogP contribution < -0.4 is 16.0 Å². The number of likely N-dealkylation sites (tertiary alicyclic amines) is 1. The molecule has 2 aliphatic heterocycles. The molecule has 4 amide bonds.